The van der Waals surface area contributed by atoms with E-state index in [1.165, 1.54) is 19.1 Å². The maximum absolute atomic E-state index is 13.5. The number of anilines is 1. The largest absolute Gasteiger partial charge is 0.473 e. The first kappa shape index (κ1) is 17.3. The Labute approximate surface area is 135 Å². The van der Waals surface area contributed by atoms with Crippen molar-refractivity contribution in [1.29, 1.82) is 0 Å². The second kappa shape index (κ2) is 6.99. The Hall–Kier alpha value is -3.10. The van der Waals surface area contributed by atoms with Crippen molar-refractivity contribution in [3.8, 4) is 5.75 Å². The average Bonchev–Trinajstić information content (AvgIpc) is 2.52. The predicted molar refractivity (Wildman–Crippen MR) is 80.7 cm³/mol. The number of ether oxygens (including phenoxy) is 1. The molecule has 7 nitrogen and oxygen atoms in total. The van der Waals surface area contributed by atoms with Crippen molar-refractivity contribution in [2.75, 3.05) is 5.32 Å². The molecule has 1 heterocycles. The standard InChI is InChI=1S/C15H13F2N3O4/c1-8-3-6-13(14(18-8)20(22)23)24-9(2)15(21)19-12-7-10(16)4-5-11(12)17/h3-7,9H,1-2H3,(H,19,21)/t9-/m0/s1. The molecule has 1 aromatic heterocycles. The van der Waals surface area contributed by atoms with Crippen molar-refractivity contribution in [3.63, 3.8) is 0 Å². The fraction of sp³-hybridized carbons (Fsp3) is 0.200. The molecule has 0 bridgehead atoms. The highest BCUT2D eigenvalue weighted by molar-refractivity contribution is 5.94. The summed E-state index contributed by atoms with van der Waals surface area (Å²) in [6, 6.07) is 5.39. The number of rotatable bonds is 5. The van der Waals surface area contributed by atoms with E-state index in [4.69, 9.17) is 4.74 Å². The molecule has 2 aromatic rings. The summed E-state index contributed by atoms with van der Waals surface area (Å²) in [4.78, 5) is 26.0. The lowest BCUT2D eigenvalue weighted by Crippen LogP contribution is -2.30. The van der Waals surface area contributed by atoms with Gasteiger partial charge in [0, 0.05) is 13.0 Å². The average molecular weight is 337 g/mol. The van der Waals surface area contributed by atoms with Crippen LogP contribution in [0.15, 0.2) is 30.3 Å². The van der Waals surface area contributed by atoms with Crippen LogP contribution >= 0.6 is 0 Å². The summed E-state index contributed by atoms with van der Waals surface area (Å²) in [5, 5.41) is 13.1. The summed E-state index contributed by atoms with van der Waals surface area (Å²) >= 11 is 0. The maximum Gasteiger partial charge on any atom is 0.406 e. The third kappa shape index (κ3) is 4.00. The first-order valence-corrected chi connectivity index (χ1v) is 6.82. The van der Waals surface area contributed by atoms with Gasteiger partial charge in [0.25, 0.3) is 5.91 Å². The number of benzene rings is 1. The Morgan fingerprint density at radius 3 is 2.71 bits per heavy atom. The Morgan fingerprint density at radius 2 is 2.04 bits per heavy atom. The Kier molecular flexibility index (Phi) is 5.02. The maximum atomic E-state index is 13.5. The van der Waals surface area contributed by atoms with Crippen LogP contribution in [0.1, 0.15) is 12.6 Å². The lowest BCUT2D eigenvalue weighted by atomic mass is 10.2. The number of halogens is 2. The monoisotopic (exact) mass is 337 g/mol. The van der Waals surface area contributed by atoms with E-state index in [0.29, 0.717) is 5.69 Å². The molecule has 24 heavy (non-hydrogen) atoms. The summed E-state index contributed by atoms with van der Waals surface area (Å²) in [6.45, 7) is 2.88. The minimum absolute atomic E-state index is 0.201. The molecule has 1 N–H and O–H groups in total. The van der Waals surface area contributed by atoms with Gasteiger partial charge in [0.15, 0.2) is 6.10 Å². The zero-order chi connectivity index (χ0) is 17.9. The van der Waals surface area contributed by atoms with Crippen molar-refractivity contribution >= 4 is 17.4 Å². The molecule has 9 heteroatoms. The van der Waals surface area contributed by atoms with E-state index in [-0.39, 0.29) is 11.4 Å². The second-order valence-electron chi connectivity index (χ2n) is 4.90. The quantitative estimate of drug-likeness (QED) is 0.668. The zero-order valence-electron chi connectivity index (χ0n) is 12.7. The SMILES string of the molecule is Cc1ccc(O[C@@H](C)C(=O)Nc2cc(F)ccc2F)c([N+](=O)[O-])n1. The van der Waals surface area contributed by atoms with Gasteiger partial charge >= 0.3 is 5.82 Å². The summed E-state index contributed by atoms with van der Waals surface area (Å²) < 4.78 is 31.8. The predicted octanol–water partition coefficient (Wildman–Crippen LogP) is 2.98. The van der Waals surface area contributed by atoms with Crippen molar-refractivity contribution in [2.45, 2.75) is 20.0 Å². The van der Waals surface area contributed by atoms with Crippen molar-refractivity contribution in [1.82, 2.24) is 4.98 Å². The van der Waals surface area contributed by atoms with Gasteiger partial charge in [-0.3, -0.25) is 4.79 Å². The lowest BCUT2D eigenvalue weighted by Gasteiger charge is -2.15. The van der Waals surface area contributed by atoms with Crippen LogP contribution < -0.4 is 10.1 Å². The summed E-state index contributed by atoms with van der Waals surface area (Å²) in [5.74, 6) is -3.08. The number of aromatic nitrogens is 1. The van der Waals surface area contributed by atoms with Gasteiger partial charge in [-0.25, -0.2) is 8.78 Å². The molecule has 0 saturated heterocycles. The van der Waals surface area contributed by atoms with Crippen molar-refractivity contribution in [2.24, 2.45) is 0 Å². The topological polar surface area (TPSA) is 94.4 Å². The van der Waals surface area contributed by atoms with Crippen LogP contribution in [0, 0.1) is 28.7 Å². The Bertz CT molecular complexity index is 798. The number of carbonyl (C=O) groups is 1. The Balaban J connectivity index is 2.15. The van der Waals surface area contributed by atoms with Gasteiger partial charge in [0.2, 0.25) is 5.75 Å². The number of aryl methyl sites for hydroxylation is 1. The smallest absolute Gasteiger partial charge is 0.406 e. The van der Waals surface area contributed by atoms with Crippen LogP contribution in [-0.2, 0) is 4.79 Å². The van der Waals surface area contributed by atoms with E-state index in [1.54, 1.807) is 6.92 Å². The highest BCUT2D eigenvalue weighted by atomic mass is 19.1. The number of carbonyl (C=O) groups excluding carboxylic acids is 1. The minimum atomic E-state index is -1.20. The summed E-state index contributed by atoms with van der Waals surface area (Å²) in [6.07, 6.45) is -1.20. The molecule has 2 rings (SSSR count). The summed E-state index contributed by atoms with van der Waals surface area (Å²) in [5.41, 5.74) is 0.0555. The molecule has 126 valence electrons. The number of hydrogen-bond donors (Lipinski definition) is 1. The fourth-order valence-corrected chi connectivity index (χ4v) is 1.82. The molecule has 0 aliphatic heterocycles. The normalized spacial score (nSPS) is 11.7. The molecule has 1 amide bonds. The van der Waals surface area contributed by atoms with Gasteiger partial charge in [-0.1, -0.05) is 0 Å². The number of nitro groups is 1. The third-order valence-corrected chi connectivity index (χ3v) is 3.01. The van der Waals surface area contributed by atoms with Gasteiger partial charge < -0.3 is 20.2 Å². The number of nitrogens with zero attached hydrogens (tertiary/aromatic N) is 2. The first-order chi connectivity index (χ1) is 11.3. The van der Waals surface area contributed by atoms with Crippen LogP contribution in [0.4, 0.5) is 20.3 Å². The van der Waals surface area contributed by atoms with Crippen LogP contribution in [0.5, 0.6) is 5.75 Å². The number of hydrogen-bond acceptors (Lipinski definition) is 5. The molecule has 0 aliphatic carbocycles. The van der Waals surface area contributed by atoms with Gasteiger partial charge in [-0.15, -0.1) is 0 Å². The third-order valence-electron chi connectivity index (χ3n) is 3.01. The molecule has 0 radical (unpaired) electrons. The molecule has 0 spiro atoms. The zero-order valence-corrected chi connectivity index (χ0v) is 12.7. The minimum Gasteiger partial charge on any atom is -0.473 e. The number of nitrogens with one attached hydrogen (secondary N) is 1. The first-order valence-electron chi connectivity index (χ1n) is 6.82. The molecule has 0 fully saturated rings. The van der Waals surface area contributed by atoms with Gasteiger partial charge in [-0.05, 0) is 41.1 Å². The van der Waals surface area contributed by atoms with E-state index >= 15 is 0 Å². The van der Waals surface area contributed by atoms with E-state index in [1.807, 2.05) is 0 Å². The van der Waals surface area contributed by atoms with Gasteiger partial charge in [0.1, 0.15) is 17.3 Å². The van der Waals surface area contributed by atoms with Gasteiger partial charge in [-0.2, -0.15) is 0 Å². The molecular formula is C15H13F2N3O4. The Morgan fingerprint density at radius 1 is 1.33 bits per heavy atom. The van der Waals surface area contributed by atoms with Gasteiger partial charge in [0.05, 0.1) is 5.69 Å². The number of amides is 1. The van der Waals surface area contributed by atoms with E-state index in [0.717, 1.165) is 18.2 Å². The molecule has 0 aliphatic rings. The molecule has 0 saturated carbocycles. The molecule has 1 atom stereocenters. The van der Waals surface area contributed by atoms with Crippen LogP contribution in [-0.4, -0.2) is 21.9 Å². The van der Waals surface area contributed by atoms with E-state index < -0.39 is 34.4 Å². The fourth-order valence-electron chi connectivity index (χ4n) is 1.82. The molecule has 1 aromatic carbocycles. The highest BCUT2D eigenvalue weighted by Crippen LogP contribution is 2.26. The van der Waals surface area contributed by atoms with Crippen LogP contribution in [0.2, 0.25) is 0 Å². The van der Waals surface area contributed by atoms with Crippen LogP contribution in [0.25, 0.3) is 0 Å². The van der Waals surface area contributed by atoms with Crippen molar-refractivity contribution < 1.29 is 23.2 Å². The highest BCUT2D eigenvalue weighted by Gasteiger charge is 2.23. The van der Waals surface area contributed by atoms with E-state index in [2.05, 4.69) is 10.3 Å². The molecular weight excluding hydrogens is 324 g/mol. The number of pyridine rings is 1. The second-order valence-corrected chi connectivity index (χ2v) is 4.90. The molecule has 0 unspecified atom stereocenters. The van der Waals surface area contributed by atoms with Crippen LogP contribution in [0.3, 0.4) is 0 Å². The van der Waals surface area contributed by atoms with E-state index in [9.17, 15) is 23.7 Å². The van der Waals surface area contributed by atoms with Crippen molar-refractivity contribution in [3.05, 3.63) is 57.8 Å². The summed E-state index contributed by atoms with van der Waals surface area (Å²) in [7, 11) is 0. The lowest BCUT2D eigenvalue weighted by molar-refractivity contribution is -0.390.